The quantitative estimate of drug-likeness (QED) is 0.207. The maximum absolute atomic E-state index is 5.15. The molecular weight excluding hydrogens is 532 g/mol. The van der Waals surface area contributed by atoms with Crippen molar-refractivity contribution in [2.45, 2.75) is 88.5 Å². The van der Waals surface area contributed by atoms with Crippen LogP contribution in [0.4, 0.5) is 5.69 Å². The SMILES string of the molecule is C=C(c1ccccc1C(C)=Nc1c(C)cc(C)cc1C)N1CC=C2C(C)(CC=C(c3ccc(C)cc3)C2(C)CC)C1.CCC. The summed E-state index contributed by atoms with van der Waals surface area (Å²) in [5, 5.41) is 0. The Morgan fingerprint density at radius 3 is 2.02 bits per heavy atom. The van der Waals surface area contributed by atoms with E-state index in [4.69, 9.17) is 4.99 Å². The van der Waals surface area contributed by atoms with E-state index in [2.05, 4.69) is 154 Å². The number of hydrogen-bond donors (Lipinski definition) is 0. The zero-order valence-electron chi connectivity index (χ0n) is 29.1. The van der Waals surface area contributed by atoms with Gasteiger partial charge in [-0.1, -0.05) is 137 Å². The average molecular weight is 587 g/mol. The largest absolute Gasteiger partial charge is 0.367 e. The fourth-order valence-corrected chi connectivity index (χ4v) is 7.34. The van der Waals surface area contributed by atoms with Gasteiger partial charge in [0.2, 0.25) is 0 Å². The smallest absolute Gasteiger partial charge is 0.0691 e. The van der Waals surface area contributed by atoms with Crippen LogP contribution in [0.15, 0.2) is 90.0 Å². The molecule has 2 heteroatoms. The van der Waals surface area contributed by atoms with Gasteiger partial charge in [0, 0.05) is 46.5 Å². The highest BCUT2D eigenvalue weighted by Crippen LogP contribution is 2.57. The highest BCUT2D eigenvalue weighted by atomic mass is 15.1. The lowest BCUT2D eigenvalue weighted by Crippen LogP contribution is -2.46. The van der Waals surface area contributed by atoms with Crippen LogP contribution >= 0.6 is 0 Å². The average Bonchev–Trinajstić information content (AvgIpc) is 2.99. The van der Waals surface area contributed by atoms with E-state index in [-0.39, 0.29) is 10.8 Å². The molecule has 2 atom stereocenters. The summed E-state index contributed by atoms with van der Waals surface area (Å²) in [5.74, 6) is 0. The van der Waals surface area contributed by atoms with E-state index >= 15 is 0 Å². The van der Waals surface area contributed by atoms with E-state index in [1.165, 1.54) is 45.4 Å². The number of benzene rings is 3. The number of rotatable bonds is 6. The number of hydrogen-bond acceptors (Lipinski definition) is 2. The number of allylic oxidation sites excluding steroid dienone is 2. The van der Waals surface area contributed by atoms with Crippen molar-refractivity contribution in [3.63, 3.8) is 0 Å². The van der Waals surface area contributed by atoms with Gasteiger partial charge in [0.1, 0.15) is 0 Å². The van der Waals surface area contributed by atoms with Gasteiger partial charge in [0.15, 0.2) is 0 Å². The predicted molar refractivity (Wildman–Crippen MR) is 194 cm³/mol. The minimum atomic E-state index is 0.0284. The molecule has 0 saturated carbocycles. The molecule has 0 radical (unpaired) electrons. The van der Waals surface area contributed by atoms with E-state index < -0.39 is 0 Å². The molecule has 0 fully saturated rings. The van der Waals surface area contributed by atoms with Gasteiger partial charge in [0.05, 0.1) is 5.69 Å². The van der Waals surface area contributed by atoms with Crippen molar-refractivity contribution in [2.24, 2.45) is 15.8 Å². The molecule has 5 rings (SSSR count). The third-order valence-electron chi connectivity index (χ3n) is 9.65. The van der Waals surface area contributed by atoms with Crippen molar-refractivity contribution in [2.75, 3.05) is 13.1 Å². The van der Waals surface area contributed by atoms with E-state index in [0.29, 0.717) is 0 Å². The van der Waals surface area contributed by atoms with Gasteiger partial charge < -0.3 is 4.90 Å². The van der Waals surface area contributed by atoms with Crippen LogP contribution in [-0.2, 0) is 0 Å². The van der Waals surface area contributed by atoms with Crippen molar-refractivity contribution in [3.05, 3.63) is 124 Å². The molecule has 3 aromatic carbocycles. The fraction of sp³-hybridized carbons (Fsp3) is 0.405. The van der Waals surface area contributed by atoms with Crippen molar-refractivity contribution >= 4 is 22.7 Å². The molecule has 0 aromatic heterocycles. The van der Waals surface area contributed by atoms with E-state index in [9.17, 15) is 0 Å². The molecule has 232 valence electrons. The molecule has 1 aliphatic carbocycles. The predicted octanol–water partition coefficient (Wildman–Crippen LogP) is 11.6. The number of nitrogens with zero attached hydrogens (tertiary/aromatic N) is 2. The second-order valence-electron chi connectivity index (χ2n) is 13.6. The second-order valence-corrected chi connectivity index (χ2v) is 13.6. The lowest BCUT2D eigenvalue weighted by atomic mass is 9.56. The van der Waals surface area contributed by atoms with Gasteiger partial charge >= 0.3 is 0 Å². The molecule has 0 N–H and O–H groups in total. The Labute approximate surface area is 268 Å². The molecule has 0 amide bonds. The molecule has 2 aliphatic rings. The Hall–Kier alpha value is -3.65. The molecular formula is C42H54N2. The van der Waals surface area contributed by atoms with Gasteiger partial charge in [-0.05, 0) is 69.7 Å². The van der Waals surface area contributed by atoms with Crippen LogP contribution < -0.4 is 0 Å². The minimum absolute atomic E-state index is 0.0284. The first-order chi connectivity index (χ1) is 20.9. The van der Waals surface area contributed by atoms with Crippen LogP contribution in [0.5, 0.6) is 0 Å². The number of fused-ring (bicyclic) bond motifs is 1. The molecule has 44 heavy (non-hydrogen) atoms. The summed E-state index contributed by atoms with van der Waals surface area (Å²) in [4.78, 5) is 7.63. The monoisotopic (exact) mass is 586 g/mol. The number of aliphatic imine (C=N–C) groups is 1. The highest BCUT2D eigenvalue weighted by Gasteiger charge is 2.47. The normalized spacial score (nSPS) is 21.5. The lowest BCUT2D eigenvalue weighted by molar-refractivity contribution is 0.211. The van der Waals surface area contributed by atoms with Gasteiger partial charge in [-0.25, -0.2) is 0 Å². The first kappa shape index (κ1) is 33.2. The number of aryl methyl sites for hydroxylation is 4. The Bertz CT molecular complexity index is 1580. The van der Waals surface area contributed by atoms with Crippen LogP contribution in [-0.4, -0.2) is 23.7 Å². The zero-order chi connectivity index (χ0) is 32.2. The van der Waals surface area contributed by atoms with E-state index in [1.54, 1.807) is 5.57 Å². The first-order valence-electron chi connectivity index (χ1n) is 16.5. The summed E-state index contributed by atoms with van der Waals surface area (Å²) in [6.45, 7) is 28.8. The maximum Gasteiger partial charge on any atom is 0.0691 e. The molecule has 0 spiro atoms. The van der Waals surface area contributed by atoms with Crippen molar-refractivity contribution < 1.29 is 0 Å². The Morgan fingerprint density at radius 1 is 0.841 bits per heavy atom. The van der Waals surface area contributed by atoms with Crippen LogP contribution in [0.25, 0.3) is 11.3 Å². The van der Waals surface area contributed by atoms with E-state index in [1.807, 2.05) is 0 Å². The maximum atomic E-state index is 5.15. The van der Waals surface area contributed by atoms with Gasteiger partial charge in [-0.2, -0.15) is 0 Å². The standard InChI is InChI=1S/C39H46N2.C3H8/c1-10-39(9)35(32-17-15-26(2)16-18-32)19-21-38(8)25-41(22-20-36(38)39)31(7)34-14-12-11-13-33(34)30(6)40-37-28(4)23-27(3)24-29(37)5;1-3-2/h11-20,23-24H,7,10,21-22,25H2,1-6,8-9H3;3H2,1-2H3. The first-order valence-corrected chi connectivity index (χ1v) is 16.5. The highest BCUT2D eigenvalue weighted by molar-refractivity contribution is 6.04. The summed E-state index contributed by atoms with van der Waals surface area (Å²) in [6.07, 6.45) is 8.41. The van der Waals surface area contributed by atoms with Crippen molar-refractivity contribution in [3.8, 4) is 0 Å². The minimum Gasteiger partial charge on any atom is -0.367 e. The molecule has 3 aromatic rings. The van der Waals surface area contributed by atoms with Gasteiger partial charge in [-0.15, -0.1) is 0 Å². The third-order valence-corrected chi connectivity index (χ3v) is 9.65. The molecule has 2 unspecified atom stereocenters. The van der Waals surface area contributed by atoms with E-state index in [0.717, 1.165) is 48.6 Å². The summed E-state index contributed by atoms with van der Waals surface area (Å²) in [6, 6.07) is 22.2. The van der Waals surface area contributed by atoms with Gasteiger partial charge in [-0.3, -0.25) is 4.99 Å². The summed E-state index contributed by atoms with van der Waals surface area (Å²) in [5.41, 5.74) is 15.0. The zero-order valence-corrected chi connectivity index (χ0v) is 29.1. The van der Waals surface area contributed by atoms with Gasteiger partial charge in [0.25, 0.3) is 0 Å². The molecule has 2 nitrogen and oxygen atoms in total. The molecule has 1 aliphatic heterocycles. The lowest BCUT2D eigenvalue weighted by Gasteiger charge is -2.52. The Kier molecular flexibility index (Phi) is 10.2. The van der Waals surface area contributed by atoms with Crippen LogP contribution in [0.3, 0.4) is 0 Å². The van der Waals surface area contributed by atoms with Crippen molar-refractivity contribution in [1.82, 2.24) is 4.90 Å². The fourth-order valence-electron chi connectivity index (χ4n) is 7.34. The summed E-state index contributed by atoms with van der Waals surface area (Å²) >= 11 is 0. The molecule has 0 bridgehead atoms. The summed E-state index contributed by atoms with van der Waals surface area (Å²) < 4.78 is 0. The van der Waals surface area contributed by atoms with Crippen LogP contribution in [0, 0.1) is 38.5 Å². The Balaban J connectivity index is 0.00000141. The topological polar surface area (TPSA) is 15.6 Å². The molecule has 1 heterocycles. The third kappa shape index (κ3) is 6.55. The Morgan fingerprint density at radius 2 is 1.43 bits per heavy atom. The molecule has 0 saturated heterocycles. The second kappa shape index (κ2) is 13.6. The summed E-state index contributed by atoms with van der Waals surface area (Å²) in [7, 11) is 0. The van der Waals surface area contributed by atoms with Crippen molar-refractivity contribution in [1.29, 1.82) is 0 Å². The van der Waals surface area contributed by atoms with Crippen LogP contribution in [0.2, 0.25) is 0 Å². The van der Waals surface area contributed by atoms with Crippen LogP contribution in [0.1, 0.15) is 99.7 Å².